The zero-order valence-electron chi connectivity index (χ0n) is 17.6. The number of likely N-dealkylation sites (tertiary alicyclic amines) is 1. The molecule has 5 rings (SSSR count). The molecule has 1 saturated carbocycles. The molecule has 5 fully saturated rings. The second-order valence-corrected chi connectivity index (χ2v) is 9.53. The fourth-order valence-corrected chi connectivity index (χ4v) is 5.95. The van der Waals surface area contributed by atoms with Crippen molar-refractivity contribution in [2.24, 2.45) is 11.8 Å². The first-order valence-electron chi connectivity index (χ1n) is 11.4. The molecule has 2 amide bonds. The highest BCUT2D eigenvalue weighted by molar-refractivity contribution is 5.84. The number of rotatable bonds is 4. The van der Waals surface area contributed by atoms with Gasteiger partial charge in [-0.05, 0) is 31.6 Å². The molecule has 6 atom stereocenters. The normalized spacial score (nSPS) is 39.0. The summed E-state index contributed by atoms with van der Waals surface area (Å²) in [6.07, 6.45) is 6.80. The van der Waals surface area contributed by atoms with E-state index < -0.39 is 0 Å². The van der Waals surface area contributed by atoms with Crippen LogP contribution in [0.15, 0.2) is 0 Å². The highest BCUT2D eigenvalue weighted by Crippen LogP contribution is 2.34. The SMILES string of the molecule is CN(CC1NNNN1)C(=O)C1NNC2CCN(C(=O)C3CC4CCCCC4N3)CC21. The molecule has 6 unspecified atom stereocenters. The van der Waals surface area contributed by atoms with Crippen LogP contribution in [0.3, 0.4) is 0 Å². The Kier molecular flexibility index (Phi) is 5.93. The lowest BCUT2D eigenvalue weighted by atomic mass is 9.84. The summed E-state index contributed by atoms with van der Waals surface area (Å²) in [7, 11) is 1.81. The van der Waals surface area contributed by atoms with Crippen LogP contribution in [-0.4, -0.2) is 78.6 Å². The minimum absolute atomic E-state index is 0.0461. The quantitative estimate of drug-likeness (QED) is 0.264. The van der Waals surface area contributed by atoms with Gasteiger partial charge >= 0.3 is 0 Å². The van der Waals surface area contributed by atoms with Gasteiger partial charge in [0.05, 0.1) is 12.6 Å². The Morgan fingerprint density at radius 2 is 1.80 bits per heavy atom. The zero-order valence-corrected chi connectivity index (χ0v) is 17.6. The Balaban J connectivity index is 1.19. The summed E-state index contributed by atoms with van der Waals surface area (Å²) >= 11 is 0. The highest BCUT2D eigenvalue weighted by Gasteiger charge is 2.47. The van der Waals surface area contributed by atoms with E-state index in [0.29, 0.717) is 25.0 Å². The summed E-state index contributed by atoms with van der Waals surface area (Å²) in [5.41, 5.74) is 18.0. The molecule has 1 aliphatic carbocycles. The van der Waals surface area contributed by atoms with Gasteiger partial charge in [0.1, 0.15) is 12.2 Å². The molecule has 0 bridgehead atoms. The zero-order chi connectivity index (χ0) is 20.7. The summed E-state index contributed by atoms with van der Waals surface area (Å²) in [5, 5.41) is 3.62. The Labute approximate surface area is 177 Å². The van der Waals surface area contributed by atoms with E-state index >= 15 is 0 Å². The van der Waals surface area contributed by atoms with Crippen LogP contribution in [0.4, 0.5) is 0 Å². The van der Waals surface area contributed by atoms with E-state index in [4.69, 9.17) is 0 Å². The number of hydrazine groups is 4. The maximum absolute atomic E-state index is 13.3. The van der Waals surface area contributed by atoms with Gasteiger partial charge in [-0.15, -0.1) is 0 Å². The van der Waals surface area contributed by atoms with E-state index in [1.165, 1.54) is 25.7 Å². The summed E-state index contributed by atoms with van der Waals surface area (Å²) in [5.74, 6) is 1.02. The van der Waals surface area contributed by atoms with Crippen molar-refractivity contribution in [3.05, 3.63) is 0 Å². The first-order valence-corrected chi connectivity index (χ1v) is 11.4. The van der Waals surface area contributed by atoms with Gasteiger partial charge < -0.3 is 15.1 Å². The molecule has 30 heavy (non-hydrogen) atoms. The van der Waals surface area contributed by atoms with Crippen molar-refractivity contribution in [1.29, 1.82) is 0 Å². The van der Waals surface area contributed by atoms with Crippen molar-refractivity contribution in [2.45, 2.75) is 68.9 Å². The maximum atomic E-state index is 13.3. The van der Waals surface area contributed by atoms with Gasteiger partial charge in [-0.2, -0.15) is 11.1 Å². The number of hydrogen-bond donors (Lipinski definition) is 7. The van der Waals surface area contributed by atoms with Gasteiger partial charge in [-0.1, -0.05) is 12.8 Å². The Hall–Kier alpha value is -1.34. The van der Waals surface area contributed by atoms with Crippen LogP contribution < -0.4 is 38.1 Å². The van der Waals surface area contributed by atoms with Crippen LogP contribution in [0.5, 0.6) is 0 Å². The largest absolute Gasteiger partial charge is 0.341 e. The van der Waals surface area contributed by atoms with E-state index in [1.54, 1.807) is 4.90 Å². The average molecular weight is 422 g/mol. The second kappa shape index (κ2) is 8.65. The number of likely N-dealkylation sites (N-methyl/N-ethyl adjacent to an activating group) is 1. The number of carbonyl (C=O) groups excluding carboxylic acids is 2. The molecule has 7 N–H and O–H groups in total. The van der Waals surface area contributed by atoms with E-state index in [9.17, 15) is 9.59 Å². The lowest BCUT2D eigenvalue weighted by molar-refractivity contribution is -0.138. The first kappa shape index (κ1) is 20.6. The third kappa shape index (κ3) is 3.95. The van der Waals surface area contributed by atoms with Crippen LogP contribution in [0.1, 0.15) is 38.5 Å². The molecule has 5 aliphatic rings. The van der Waals surface area contributed by atoms with Crippen LogP contribution in [0, 0.1) is 11.8 Å². The number of hydrogen-bond acceptors (Lipinski definition) is 9. The molecule has 0 aromatic carbocycles. The van der Waals surface area contributed by atoms with Gasteiger partial charge in [0.2, 0.25) is 11.8 Å². The number of nitrogens with zero attached hydrogens (tertiary/aromatic N) is 2. The minimum Gasteiger partial charge on any atom is -0.341 e. The van der Waals surface area contributed by atoms with Crippen LogP contribution in [0.25, 0.3) is 0 Å². The van der Waals surface area contributed by atoms with Crippen molar-refractivity contribution in [3.8, 4) is 0 Å². The highest BCUT2D eigenvalue weighted by atomic mass is 16.2. The van der Waals surface area contributed by atoms with Crippen molar-refractivity contribution in [1.82, 2.24) is 47.9 Å². The van der Waals surface area contributed by atoms with Gasteiger partial charge in [-0.3, -0.25) is 15.0 Å². The monoisotopic (exact) mass is 421 g/mol. The fourth-order valence-electron chi connectivity index (χ4n) is 5.95. The predicted octanol–water partition coefficient (Wildman–Crippen LogP) is -2.50. The third-order valence-electron chi connectivity index (χ3n) is 7.64. The Bertz CT molecular complexity index is 644. The molecule has 0 aromatic heterocycles. The van der Waals surface area contributed by atoms with Crippen molar-refractivity contribution in [3.63, 3.8) is 0 Å². The topological polar surface area (TPSA) is 125 Å². The maximum Gasteiger partial charge on any atom is 0.241 e. The smallest absolute Gasteiger partial charge is 0.241 e. The van der Waals surface area contributed by atoms with Crippen molar-refractivity contribution in [2.75, 3.05) is 26.7 Å². The van der Waals surface area contributed by atoms with E-state index in [2.05, 4.69) is 38.1 Å². The Morgan fingerprint density at radius 1 is 1.00 bits per heavy atom. The molecule has 4 heterocycles. The second-order valence-electron chi connectivity index (χ2n) is 9.53. The molecule has 0 spiro atoms. The summed E-state index contributed by atoms with van der Waals surface area (Å²) in [6.45, 7) is 1.91. The van der Waals surface area contributed by atoms with Gasteiger partial charge in [0.25, 0.3) is 0 Å². The van der Waals surface area contributed by atoms with Crippen molar-refractivity contribution < 1.29 is 9.59 Å². The number of amides is 2. The van der Waals surface area contributed by atoms with Crippen LogP contribution in [-0.2, 0) is 9.59 Å². The lowest BCUT2D eigenvalue weighted by Crippen LogP contribution is -2.56. The number of carbonyl (C=O) groups is 2. The van der Waals surface area contributed by atoms with E-state index in [0.717, 1.165) is 19.4 Å². The molecule has 11 nitrogen and oxygen atoms in total. The van der Waals surface area contributed by atoms with Gasteiger partial charge in [0.15, 0.2) is 0 Å². The van der Waals surface area contributed by atoms with Gasteiger partial charge in [-0.25, -0.2) is 16.3 Å². The average Bonchev–Trinajstić information content (AvgIpc) is 3.51. The molecule has 0 radical (unpaired) electrons. The third-order valence-corrected chi connectivity index (χ3v) is 7.64. The summed E-state index contributed by atoms with van der Waals surface area (Å²) in [6, 6.07) is 0.372. The van der Waals surface area contributed by atoms with Gasteiger partial charge in [0, 0.05) is 38.1 Å². The molecule has 11 heteroatoms. The molecular weight excluding hydrogens is 386 g/mol. The minimum atomic E-state index is -0.322. The molecule has 0 aromatic rings. The predicted molar refractivity (Wildman–Crippen MR) is 110 cm³/mol. The molecule has 4 saturated heterocycles. The molecular formula is C19H35N9O2. The first-order chi connectivity index (χ1) is 14.6. The van der Waals surface area contributed by atoms with Crippen LogP contribution >= 0.6 is 0 Å². The Morgan fingerprint density at radius 3 is 2.60 bits per heavy atom. The number of nitrogens with one attached hydrogen (secondary N) is 7. The lowest BCUT2D eigenvalue weighted by Gasteiger charge is -2.37. The summed E-state index contributed by atoms with van der Waals surface area (Å²) in [4.78, 5) is 30.1. The fraction of sp³-hybridized carbons (Fsp3) is 0.895. The standard InChI is InChI=1S/C19H35N9O2/c1-27(10-16-22-25-26-23-16)19(30)17-12-9-28(7-6-14(12)21-24-17)18(29)15-8-11-4-2-3-5-13(11)20-15/h11-17,20-26H,2-10H2,1H3. The summed E-state index contributed by atoms with van der Waals surface area (Å²) < 4.78 is 0. The number of fused-ring (bicyclic) bond motifs is 2. The van der Waals surface area contributed by atoms with Crippen LogP contribution in [0.2, 0.25) is 0 Å². The van der Waals surface area contributed by atoms with E-state index in [1.807, 2.05) is 11.9 Å². The van der Waals surface area contributed by atoms with E-state index in [-0.39, 0.29) is 42.0 Å². The molecule has 168 valence electrons. The van der Waals surface area contributed by atoms with Crippen molar-refractivity contribution >= 4 is 11.8 Å². The number of piperidine rings is 1. The molecule has 4 aliphatic heterocycles.